The van der Waals surface area contributed by atoms with Crippen molar-refractivity contribution >= 4 is 12.4 Å². The number of carbonyl (C=O) groups excluding carboxylic acids is 1. The average molecular weight is 247 g/mol. The van der Waals surface area contributed by atoms with Crippen molar-refractivity contribution in [2.75, 3.05) is 6.54 Å². The van der Waals surface area contributed by atoms with Crippen LogP contribution in [0.2, 0.25) is 0 Å². The lowest BCUT2D eigenvalue weighted by molar-refractivity contribution is -0.488. The average Bonchev–Trinajstić information content (AvgIpc) is 2.35. The van der Waals surface area contributed by atoms with Gasteiger partial charge in [0.15, 0.2) is 0 Å². The highest BCUT2D eigenvalue weighted by Crippen LogP contribution is 2.26. The van der Waals surface area contributed by atoms with Gasteiger partial charge in [0.05, 0.1) is 5.92 Å². The van der Waals surface area contributed by atoms with Crippen LogP contribution in [0.5, 0.6) is 0 Å². The van der Waals surface area contributed by atoms with Gasteiger partial charge in [-0.25, -0.2) is 0 Å². The van der Waals surface area contributed by atoms with E-state index in [0.29, 0.717) is 0 Å². The van der Waals surface area contributed by atoms with Crippen molar-refractivity contribution in [1.29, 1.82) is 0 Å². The highest BCUT2D eigenvalue weighted by atomic mass is 16.6. The standard InChI is InChI=1S/C14H17NO3/c1-14(2,11-16)13(10-15(17)18)9-8-12-6-4-3-5-7-12/h3-9,11,13H,10H2,1-2H3/t13-/m0/s1. The van der Waals surface area contributed by atoms with E-state index >= 15 is 0 Å². The quantitative estimate of drug-likeness (QED) is 0.441. The Morgan fingerprint density at radius 1 is 1.33 bits per heavy atom. The molecule has 4 heteroatoms. The maximum Gasteiger partial charge on any atom is 0.211 e. The van der Waals surface area contributed by atoms with E-state index in [2.05, 4.69) is 0 Å². The number of rotatable bonds is 6. The molecular weight excluding hydrogens is 230 g/mol. The molecule has 18 heavy (non-hydrogen) atoms. The zero-order valence-corrected chi connectivity index (χ0v) is 10.6. The summed E-state index contributed by atoms with van der Waals surface area (Å²) in [5.41, 5.74) is 0.228. The molecule has 1 atom stereocenters. The molecule has 0 spiro atoms. The van der Waals surface area contributed by atoms with Crippen molar-refractivity contribution in [2.45, 2.75) is 13.8 Å². The number of nitrogens with zero attached hydrogens (tertiary/aromatic N) is 1. The third kappa shape index (κ3) is 4.13. The molecule has 0 aliphatic carbocycles. The molecule has 0 fully saturated rings. The van der Waals surface area contributed by atoms with Gasteiger partial charge in [0.1, 0.15) is 6.29 Å². The molecule has 0 saturated carbocycles. The lowest BCUT2D eigenvalue weighted by atomic mass is 9.80. The molecule has 0 N–H and O–H groups in total. The third-order valence-electron chi connectivity index (χ3n) is 2.93. The Balaban J connectivity index is 2.88. The molecule has 96 valence electrons. The summed E-state index contributed by atoms with van der Waals surface area (Å²) in [4.78, 5) is 21.3. The van der Waals surface area contributed by atoms with Crippen LogP contribution in [-0.4, -0.2) is 17.8 Å². The fourth-order valence-electron chi connectivity index (χ4n) is 1.58. The van der Waals surface area contributed by atoms with Crippen molar-refractivity contribution < 1.29 is 9.72 Å². The Morgan fingerprint density at radius 3 is 2.44 bits per heavy atom. The first kappa shape index (κ1) is 14.1. The predicted molar refractivity (Wildman–Crippen MR) is 70.7 cm³/mol. The normalized spacial score (nSPS) is 13.4. The van der Waals surface area contributed by atoms with Crippen LogP contribution in [0.25, 0.3) is 6.08 Å². The molecule has 0 aromatic heterocycles. The minimum Gasteiger partial charge on any atom is -0.303 e. The molecule has 0 heterocycles. The van der Waals surface area contributed by atoms with Crippen LogP contribution in [0.3, 0.4) is 0 Å². The summed E-state index contributed by atoms with van der Waals surface area (Å²) >= 11 is 0. The van der Waals surface area contributed by atoms with Crippen LogP contribution in [0.15, 0.2) is 36.4 Å². The number of carbonyl (C=O) groups is 1. The third-order valence-corrected chi connectivity index (χ3v) is 2.93. The topological polar surface area (TPSA) is 60.2 Å². The molecule has 0 aliphatic rings. The SMILES string of the molecule is CC(C)(C=O)[C@@H](C=Cc1ccccc1)C[N+](=O)[O-]. The van der Waals surface area contributed by atoms with Crippen molar-refractivity contribution in [3.8, 4) is 0 Å². The minimum absolute atomic E-state index is 0.241. The highest BCUT2D eigenvalue weighted by Gasteiger charge is 2.30. The molecule has 1 rings (SSSR count). The van der Waals surface area contributed by atoms with Crippen LogP contribution in [-0.2, 0) is 4.79 Å². The van der Waals surface area contributed by atoms with Gasteiger partial charge in [-0.2, -0.15) is 0 Å². The summed E-state index contributed by atoms with van der Waals surface area (Å²) in [6.07, 6.45) is 4.34. The zero-order valence-electron chi connectivity index (χ0n) is 10.6. The van der Waals surface area contributed by atoms with Crippen molar-refractivity contribution in [2.24, 2.45) is 11.3 Å². The highest BCUT2D eigenvalue weighted by molar-refractivity contribution is 5.60. The minimum atomic E-state index is -0.738. The van der Waals surface area contributed by atoms with Gasteiger partial charge in [0, 0.05) is 10.3 Å². The van der Waals surface area contributed by atoms with E-state index in [1.807, 2.05) is 36.4 Å². The first-order chi connectivity index (χ1) is 8.45. The zero-order chi connectivity index (χ0) is 13.6. The van der Waals surface area contributed by atoms with E-state index in [0.717, 1.165) is 11.8 Å². The molecule has 0 unspecified atom stereocenters. The van der Waals surface area contributed by atoms with Crippen molar-refractivity contribution in [3.63, 3.8) is 0 Å². The first-order valence-corrected chi connectivity index (χ1v) is 5.77. The Kier molecular flexibility index (Phi) is 4.77. The van der Waals surface area contributed by atoms with Crippen LogP contribution in [0, 0.1) is 21.4 Å². The number of hydrogen-bond donors (Lipinski definition) is 0. The van der Waals surface area contributed by atoms with Gasteiger partial charge < -0.3 is 4.79 Å². The first-order valence-electron chi connectivity index (χ1n) is 5.77. The maximum absolute atomic E-state index is 11.0. The molecular formula is C14H17NO3. The monoisotopic (exact) mass is 247 g/mol. The Labute approximate surface area is 106 Å². The van der Waals surface area contributed by atoms with Crippen molar-refractivity contribution in [1.82, 2.24) is 0 Å². The second kappa shape index (κ2) is 6.10. The van der Waals surface area contributed by atoms with Crippen LogP contribution >= 0.6 is 0 Å². The molecule has 0 bridgehead atoms. The lowest BCUT2D eigenvalue weighted by Gasteiger charge is -2.23. The predicted octanol–water partition coefficient (Wildman–Crippen LogP) is 2.82. The summed E-state index contributed by atoms with van der Waals surface area (Å²) in [5, 5.41) is 10.6. The molecule has 0 amide bonds. The van der Waals surface area contributed by atoms with Gasteiger partial charge in [-0.05, 0) is 5.56 Å². The van der Waals surface area contributed by atoms with Gasteiger partial charge in [-0.1, -0.05) is 56.3 Å². The summed E-state index contributed by atoms with van der Waals surface area (Å²) in [6, 6.07) is 9.52. The fourth-order valence-corrected chi connectivity index (χ4v) is 1.58. The Morgan fingerprint density at radius 2 is 1.94 bits per heavy atom. The van der Waals surface area contributed by atoms with Gasteiger partial charge in [-0.15, -0.1) is 0 Å². The number of benzene rings is 1. The fraction of sp³-hybridized carbons (Fsp3) is 0.357. The van der Waals surface area contributed by atoms with E-state index in [4.69, 9.17) is 0 Å². The van der Waals surface area contributed by atoms with E-state index in [9.17, 15) is 14.9 Å². The van der Waals surface area contributed by atoms with Crippen LogP contribution in [0.4, 0.5) is 0 Å². The molecule has 0 saturated heterocycles. The Hall–Kier alpha value is -1.97. The summed E-state index contributed by atoms with van der Waals surface area (Å²) in [5.74, 6) is -0.412. The van der Waals surface area contributed by atoms with Crippen molar-refractivity contribution in [3.05, 3.63) is 52.1 Å². The maximum atomic E-state index is 11.0. The molecule has 0 aliphatic heterocycles. The van der Waals surface area contributed by atoms with E-state index in [1.165, 1.54) is 0 Å². The largest absolute Gasteiger partial charge is 0.303 e. The smallest absolute Gasteiger partial charge is 0.211 e. The van der Waals surface area contributed by atoms with E-state index < -0.39 is 11.3 Å². The summed E-state index contributed by atoms with van der Waals surface area (Å²) in [7, 11) is 0. The Bertz CT molecular complexity index is 438. The van der Waals surface area contributed by atoms with Gasteiger partial charge in [0.25, 0.3) is 0 Å². The number of nitro groups is 1. The molecule has 1 aromatic carbocycles. The summed E-state index contributed by atoms with van der Waals surface area (Å²) in [6.45, 7) is 3.18. The second-order valence-corrected chi connectivity index (χ2v) is 4.83. The molecule has 4 nitrogen and oxygen atoms in total. The molecule has 1 aromatic rings. The van der Waals surface area contributed by atoms with Crippen LogP contribution in [0.1, 0.15) is 19.4 Å². The van der Waals surface area contributed by atoms with E-state index in [-0.39, 0.29) is 11.5 Å². The summed E-state index contributed by atoms with van der Waals surface area (Å²) < 4.78 is 0. The second-order valence-electron chi connectivity index (χ2n) is 4.83. The van der Waals surface area contributed by atoms with Gasteiger partial charge >= 0.3 is 0 Å². The number of hydrogen-bond acceptors (Lipinski definition) is 3. The van der Waals surface area contributed by atoms with Gasteiger partial charge in [-0.3, -0.25) is 10.1 Å². The van der Waals surface area contributed by atoms with E-state index in [1.54, 1.807) is 19.9 Å². The molecule has 0 radical (unpaired) electrons. The van der Waals surface area contributed by atoms with Gasteiger partial charge in [0.2, 0.25) is 6.54 Å². The number of aldehydes is 1. The van der Waals surface area contributed by atoms with Crippen LogP contribution < -0.4 is 0 Å². The lowest BCUT2D eigenvalue weighted by Crippen LogP contribution is -2.30.